The minimum atomic E-state index is -0.299. The van der Waals surface area contributed by atoms with Crippen molar-refractivity contribution in [3.05, 3.63) is 53.6 Å². The maximum absolute atomic E-state index is 12.7. The third-order valence-electron chi connectivity index (χ3n) is 4.17. The van der Waals surface area contributed by atoms with Crippen molar-refractivity contribution in [2.45, 2.75) is 27.3 Å². The molecule has 0 unspecified atom stereocenters. The molecule has 0 saturated heterocycles. The van der Waals surface area contributed by atoms with Gasteiger partial charge in [-0.2, -0.15) is 0 Å². The number of rotatable bonds is 6. The molecule has 7 heteroatoms. The van der Waals surface area contributed by atoms with Gasteiger partial charge in [-0.1, -0.05) is 31.2 Å². The maximum Gasteiger partial charge on any atom is 0.255 e. The van der Waals surface area contributed by atoms with E-state index < -0.39 is 0 Å². The highest BCUT2D eigenvalue weighted by molar-refractivity contribution is 6.09. The van der Waals surface area contributed by atoms with E-state index in [0.29, 0.717) is 41.3 Å². The van der Waals surface area contributed by atoms with Gasteiger partial charge in [0.05, 0.1) is 16.8 Å². The van der Waals surface area contributed by atoms with E-state index in [9.17, 15) is 9.59 Å². The molecule has 0 bridgehead atoms. The molecule has 0 spiro atoms. The Morgan fingerprint density at radius 1 is 1.11 bits per heavy atom. The summed E-state index contributed by atoms with van der Waals surface area (Å²) in [6.07, 6.45) is 0. The summed E-state index contributed by atoms with van der Waals surface area (Å²) in [6, 6.07) is 12.2. The number of hydrogen-bond acceptors (Lipinski definition) is 4. The predicted octanol–water partition coefficient (Wildman–Crippen LogP) is 3.09. The van der Waals surface area contributed by atoms with Gasteiger partial charge in [-0.3, -0.25) is 9.59 Å². The van der Waals surface area contributed by atoms with Crippen LogP contribution < -0.4 is 10.6 Å². The monoisotopic (exact) mass is 365 g/mol. The molecule has 7 nitrogen and oxygen atoms in total. The van der Waals surface area contributed by atoms with Crippen molar-refractivity contribution in [3.8, 4) is 0 Å². The lowest BCUT2D eigenvalue weighted by atomic mass is 10.1. The number of para-hydroxylation sites is 1. The lowest BCUT2D eigenvalue weighted by Gasteiger charge is -2.12. The molecule has 140 valence electrons. The van der Waals surface area contributed by atoms with Gasteiger partial charge in [0.25, 0.3) is 11.8 Å². The van der Waals surface area contributed by atoms with Gasteiger partial charge in [-0.05, 0) is 43.2 Å². The quantitative estimate of drug-likeness (QED) is 0.702. The summed E-state index contributed by atoms with van der Waals surface area (Å²) < 4.78 is 1.77. The molecule has 1 aromatic heterocycles. The molecule has 3 aromatic rings. The molecule has 0 atom stereocenters. The SMILES string of the molecule is CCn1nnc2cc(C(=O)Nc3ccccc3C(=O)NCC(C)C)ccc21. The summed E-state index contributed by atoms with van der Waals surface area (Å²) in [7, 11) is 0. The van der Waals surface area contributed by atoms with Crippen LogP contribution in [0.3, 0.4) is 0 Å². The first-order valence-electron chi connectivity index (χ1n) is 9.01. The Labute approximate surface area is 157 Å². The molecule has 2 amide bonds. The number of fused-ring (bicyclic) bond motifs is 1. The van der Waals surface area contributed by atoms with Crippen LogP contribution in [0.25, 0.3) is 11.0 Å². The molecule has 0 aliphatic heterocycles. The number of aryl methyl sites for hydroxylation is 1. The number of carbonyl (C=O) groups is 2. The van der Waals surface area contributed by atoms with Crippen LogP contribution in [0, 0.1) is 5.92 Å². The molecule has 0 radical (unpaired) electrons. The highest BCUT2D eigenvalue weighted by Gasteiger charge is 2.15. The number of benzene rings is 2. The van der Waals surface area contributed by atoms with Crippen molar-refractivity contribution in [2.75, 3.05) is 11.9 Å². The number of carbonyl (C=O) groups excluding carboxylic acids is 2. The Morgan fingerprint density at radius 2 is 1.89 bits per heavy atom. The fraction of sp³-hybridized carbons (Fsp3) is 0.300. The van der Waals surface area contributed by atoms with E-state index >= 15 is 0 Å². The van der Waals surface area contributed by atoms with Gasteiger partial charge in [-0.25, -0.2) is 4.68 Å². The third kappa shape index (κ3) is 4.13. The van der Waals surface area contributed by atoms with Crippen molar-refractivity contribution in [1.82, 2.24) is 20.3 Å². The lowest BCUT2D eigenvalue weighted by Crippen LogP contribution is -2.28. The largest absolute Gasteiger partial charge is 0.352 e. The molecule has 2 N–H and O–H groups in total. The molecule has 0 aliphatic carbocycles. The van der Waals surface area contributed by atoms with Gasteiger partial charge >= 0.3 is 0 Å². The van der Waals surface area contributed by atoms with Crippen molar-refractivity contribution in [2.24, 2.45) is 5.92 Å². The van der Waals surface area contributed by atoms with Crippen LogP contribution in [0.5, 0.6) is 0 Å². The Morgan fingerprint density at radius 3 is 2.63 bits per heavy atom. The van der Waals surface area contributed by atoms with Gasteiger partial charge in [0.2, 0.25) is 0 Å². The smallest absolute Gasteiger partial charge is 0.255 e. The maximum atomic E-state index is 12.7. The molecular formula is C20H23N5O2. The summed E-state index contributed by atoms with van der Waals surface area (Å²) in [4.78, 5) is 25.1. The van der Waals surface area contributed by atoms with E-state index in [1.54, 1.807) is 41.1 Å². The Kier molecular flexibility index (Phi) is 5.49. The zero-order valence-corrected chi connectivity index (χ0v) is 15.7. The van der Waals surface area contributed by atoms with Crippen LogP contribution in [0.1, 0.15) is 41.5 Å². The van der Waals surface area contributed by atoms with Crippen molar-refractivity contribution in [3.63, 3.8) is 0 Å². The summed E-state index contributed by atoms with van der Waals surface area (Å²) in [5.74, 6) is -0.160. The average Bonchev–Trinajstić information content (AvgIpc) is 3.08. The Balaban J connectivity index is 1.81. The summed E-state index contributed by atoms with van der Waals surface area (Å²) >= 11 is 0. The van der Waals surface area contributed by atoms with Crippen LogP contribution in [0.2, 0.25) is 0 Å². The second kappa shape index (κ2) is 7.99. The van der Waals surface area contributed by atoms with E-state index in [-0.39, 0.29) is 11.8 Å². The first-order chi connectivity index (χ1) is 13.0. The van der Waals surface area contributed by atoms with Crippen molar-refractivity contribution in [1.29, 1.82) is 0 Å². The Hall–Kier alpha value is -3.22. The first-order valence-corrected chi connectivity index (χ1v) is 9.01. The van der Waals surface area contributed by atoms with Crippen LogP contribution in [-0.2, 0) is 6.54 Å². The van der Waals surface area contributed by atoms with Gasteiger partial charge in [0, 0.05) is 18.7 Å². The van der Waals surface area contributed by atoms with Gasteiger partial charge in [-0.15, -0.1) is 5.10 Å². The van der Waals surface area contributed by atoms with E-state index in [1.165, 1.54) is 0 Å². The normalized spacial score (nSPS) is 11.0. The van der Waals surface area contributed by atoms with E-state index in [1.807, 2.05) is 26.8 Å². The average molecular weight is 365 g/mol. The predicted molar refractivity (Wildman–Crippen MR) is 105 cm³/mol. The standard InChI is InChI=1S/C20H23N5O2/c1-4-25-18-10-9-14(11-17(18)23-24-25)19(26)22-16-8-6-5-7-15(16)20(27)21-12-13(2)3/h5-11,13H,4,12H2,1-3H3,(H,21,27)(H,22,26). The molecule has 1 heterocycles. The third-order valence-corrected chi connectivity index (χ3v) is 4.17. The molecule has 0 saturated carbocycles. The molecule has 0 aliphatic rings. The number of aromatic nitrogens is 3. The highest BCUT2D eigenvalue weighted by atomic mass is 16.2. The van der Waals surface area contributed by atoms with Gasteiger partial charge < -0.3 is 10.6 Å². The number of nitrogens with zero attached hydrogens (tertiary/aromatic N) is 3. The number of nitrogens with one attached hydrogen (secondary N) is 2. The zero-order chi connectivity index (χ0) is 19.4. The second-order valence-corrected chi connectivity index (χ2v) is 6.71. The Bertz CT molecular complexity index is 977. The summed E-state index contributed by atoms with van der Waals surface area (Å²) in [5.41, 5.74) is 2.91. The van der Waals surface area contributed by atoms with E-state index in [4.69, 9.17) is 0 Å². The molecule has 0 fully saturated rings. The van der Waals surface area contributed by atoms with Crippen LogP contribution in [0.4, 0.5) is 5.69 Å². The molecule has 27 heavy (non-hydrogen) atoms. The van der Waals surface area contributed by atoms with E-state index in [0.717, 1.165) is 5.52 Å². The van der Waals surface area contributed by atoms with E-state index in [2.05, 4.69) is 20.9 Å². The number of amides is 2. The van der Waals surface area contributed by atoms with Crippen LogP contribution >= 0.6 is 0 Å². The molecule has 2 aromatic carbocycles. The number of hydrogen-bond donors (Lipinski definition) is 2. The lowest BCUT2D eigenvalue weighted by molar-refractivity contribution is 0.0950. The van der Waals surface area contributed by atoms with Crippen LogP contribution in [0.15, 0.2) is 42.5 Å². The molecular weight excluding hydrogens is 342 g/mol. The topological polar surface area (TPSA) is 88.9 Å². The highest BCUT2D eigenvalue weighted by Crippen LogP contribution is 2.18. The van der Waals surface area contributed by atoms with Crippen LogP contribution in [-0.4, -0.2) is 33.4 Å². The minimum Gasteiger partial charge on any atom is -0.352 e. The zero-order valence-electron chi connectivity index (χ0n) is 15.7. The van der Waals surface area contributed by atoms with Gasteiger partial charge in [0.1, 0.15) is 5.52 Å². The van der Waals surface area contributed by atoms with Crippen molar-refractivity contribution < 1.29 is 9.59 Å². The summed E-state index contributed by atoms with van der Waals surface area (Å²) in [6.45, 7) is 7.32. The van der Waals surface area contributed by atoms with Crippen molar-refractivity contribution >= 4 is 28.5 Å². The van der Waals surface area contributed by atoms with Gasteiger partial charge in [0.15, 0.2) is 0 Å². The minimum absolute atomic E-state index is 0.207. The number of anilines is 1. The fourth-order valence-electron chi connectivity index (χ4n) is 2.72. The second-order valence-electron chi connectivity index (χ2n) is 6.71. The first kappa shape index (κ1) is 18.6. The molecule has 3 rings (SSSR count). The fourth-order valence-corrected chi connectivity index (χ4v) is 2.72. The summed E-state index contributed by atoms with van der Waals surface area (Å²) in [5, 5.41) is 13.8.